The van der Waals surface area contributed by atoms with Crippen LogP contribution in [0.1, 0.15) is 33.8 Å². The van der Waals surface area contributed by atoms with E-state index >= 15 is 0 Å². The van der Waals surface area contributed by atoms with Crippen molar-refractivity contribution in [1.82, 2.24) is 0 Å². The van der Waals surface area contributed by atoms with Crippen molar-refractivity contribution >= 4 is 16.6 Å². The molecule has 0 saturated heterocycles. The average molecular weight is 350 g/mol. The van der Waals surface area contributed by atoms with Crippen LogP contribution in [0.4, 0.5) is 0 Å². The minimum atomic E-state index is 0.174. The predicted molar refractivity (Wildman–Crippen MR) is 112 cm³/mol. The van der Waals surface area contributed by atoms with E-state index in [1.54, 1.807) is 0 Å². The minimum absolute atomic E-state index is 0.174. The lowest BCUT2D eigenvalue weighted by atomic mass is 9.86. The molecular weight excluding hydrogens is 328 g/mol. The highest BCUT2D eigenvalue weighted by Crippen LogP contribution is 2.27. The van der Waals surface area contributed by atoms with Gasteiger partial charge >= 0.3 is 0 Å². The number of fused-ring (bicyclic) bond motifs is 1. The van der Waals surface area contributed by atoms with Crippen molar-refractivity contribution in [3.63, 3.8) is 0 Å². The van der Waals surface area contributed by atoms with Crippen molar-refractivity contribution in [2.75, 3.05) is 0 Å². The summed E-state index contributed by atoms with van der Waals surface area (Å²) < 4.78 is 0. The van der Waals surface area contributed by atoms with Crippen LogP contribution in [0, 0.1) is 0 Å². The second kappa shape index (κ2) is 8.01. The van der Waals surface area contributed by atoms with E-state index in [2.05, 4.69) is 48.5 Å². The second-order valence-corrected chi connectivity index (χ2v) is 6.99. The van der Waals surface area contributed by atoms with E-state index in [4.69, 9.17) is 0 Å². The summed E-state index contributed by atoms with van der Waals surface area (Å²) in [6.07, 6.45) is 1.38. The molecule has 1 atom stereocenters. The zero-order valence-electron chi connectivity index (χ0n) is 15.2. The Labute approximate surface area is 160 Å². The maximum absolute atomic E-state index is 13.1. The zero-order chi connectivity index (χ0) is 18.5. The molecule has 4 rings (SSSR count). The molecule has 132 valence electrons. The Hall–Kier alpha value is -3.19. The molecule has 0 aliphatic heterocycles. The van der Waals surface area contributed by atoms with Crippen molar-refractivity contribution in [2.24, 2.45) is 0 Å². The molecule has 0 fully saturated rings. The first kappa shape index (κ1) is 17.2. The van der Waals surface area contributed by atoms with E-state index in [0.717, 1.165) is 22.8 Å². The fourth-order valence-corrected chi connectivity index (χ4v) is 3.64. The Morgan fingerprint density at radius 2 is 1.30 bits per heavy atom. The van der Waals surface area contributed by atoms with Crippen molar-refractivity contribution in [1.29, 1.82) is 0 Å². The Balaban J connectivity index is 1.60. The van der Waals surface area contributed by atoms with Gasteiger partial charge < -0.3 is 0 Å². The van der Waals surface area contributed by atoms with Crippen LogP contribution in [0.25, 0.3) is 10.8 Å². The minimum Gasteiger partial charge on any atom is -0.294 e. The van der Waals surface area contributed by atoms with Gasteiger partial charge in [0.25, 0.3) is 0 Å². The standard InChI is InChI=1S/C26H22O/c27-26(24-16-15-22-13-7-8-14-23(22)18-24)19-25(21-11-5-2-6-12-21)17-20-9-3-1-4-10-20/h1-16,18,25H,17,19H2/t25-/m1/s1. The molecule has 0 radical (unpaired) electrons. The van der Waals surface area contributed by atoms with E-state index in [-0.39, 0.29) is 11.7 Å². The number of Topliss-reactive ketones (excluding diaryl/α,β-unsaturated/α-hetero) is 1. The molecule has 0 spiro atoms. The average Bonchev–Trinajstić information content (AvgIpc) is 2.74. The molecule has 0 aromatic heterocycles. The molecule has 1 heteroatoms. The van der Waals surface area contributed by atoms with Crippen LogP contribution in [-0.2, 0) is 6.42 Å². The third kappa shape index (κ3) is 4.15. The van der Waals surface area contributed by atoms with Gasteiger partial charge in [0.2, 0.25) is 0 Å². The zero-order valence-corrected chi connectivity index (χ0v) is 15.2. The Morgan fingerprint density at radius 3 is 2.04 bits per heavy atom. The maximum atomic E-state index is 13.1. The fourth-order valence-electron chi connectivity index (χ4n) is 3.64. The lowest BCUT2D eigenvalue weighted by Gasteiger charge is -2.17. The van der Waals surface area contributed by atoms with Gasteiger partial charge in [-0.3, -0.25) is 4.79 Å². The Morgan fingerprint density at radius 1 is 0.667 bits per heavy atom. The highest BCUT2D eigenvalue weighted by atomic mass is 16.1. The molecule has 0 N–H and O–H groups in total. The number of benzene rings is 4. The van der Waals surface area contributed by atoms with Gasteiger partial charge in [-0.05, 0) is 40.3 Å². The van der Waals surface area contributed by atoms with Gasteiger partial charge in [-0.1, -0.05) is 97.1 Å². The van der Waals surface area contributed by atoms with Gasteiger partial charge in [0.1, 0.15) is 0 Å². The van der Waals surface area contributed by atoms with Gasteiger partial charge in [-0.15, -0.1) is 0 Å². The maximum Gasteiger partial charge on any atom is 0.163 e. The number of carbonyl (C=O) groups is 1. The first-order chi connectivity index (χ1) is 13.3. The summed E-state index contributed by atoms with van der Waals surface area (Å²) in [4.78, 5) is 13.1. The Bertz CT molecular complexity index is 1040. The van der Waals surface area contributed by atoms with Gasteiger partial charge in [-0.25, -0.2) is 0 Å². The molecule has 0 aliphatic rings. The molecule has 4 aromatic carbocycles. The van der Waals surface area contributed by atoms with E-state index in [1.807, 2.05) is 54.6 Å². The smallest absolute Gasteiger partial charge is 0.163 e. The van der Waals surface area contributed by atoms with Gasteiger partial charge in [0, 0.05) is 12.0 Å². The number of carbonyl (C=O) groups excluding carboxylic acids is 1. The summed E-state index contributed by atoms with van der Waals surface area (Å²) in [7, 11) is 0. The summed E-state index contributed by atoms with van der Waals surface area (Å²) in [6, 6.07) is 35.0. The van der Waals surface area contributed by atoms with Gasteiger partial charge in [0.15, 0.2) is 5.78 Å². The van der Waals surface area contributed by atoms with Crippen LogP contribution in [0.5, 0.6) is 0 Å². The van der Waals surface area contributed by atoms with Crippen molar-refractivity contribution in [3.05, 3.63) is 120 Å². The second-order valence-electron chi connectivity index (χ2n) is 6.99. The molecule has 0 amide bonds. The quantitative estimate of drug-likeness (QED) is 0.366. The van der Waals surface area contributed by atoms with Gasteiger partial charge in [0.05, 0.1) is 0 Å². The molecule has 0 aliphatic carbocycles. The normalized spacial score (nSPS) is 12.0. The summed E-state index contributed by atoms with van der Waals surface area (Å²) in [5.74, 6) is 0.373. The molecule has 27 heavy (non-hydrogen) atoms. The van der Waals surface area contributed by atoms with Crippen molar-refractivity contribution < 1.29 is 4.79 Å². The van der Waals surface area contributed by atoms with Crippen LogP contribution >= 0.6 is 0 Å². The highest BCUT2D eigenvalue weighted by molar-refractivity contribution is 6.00. The van der Waals surface area contributed by atoms with Crippen LogP contribution in [-0.4, -0.2) is 5.78 Å². The lowest BCUT2D eigenvalue weighted by Crippen LogP contribution is -2.10. The summed E-state index contributed by atoms with van der Waals surface area (Å²) in [5, 5.41) is 2.28. The van der Waals surface area contributed by atoms with Crippen molar-refractivity contribution in [2.45, 2.75) is 18.8 Å². The van der Waals surface area contributed by atoms with E-state index < -0.39 is 0 Å². The predicted octanol–water partition coefficient (Wildman–Crippen LogP) is 6.44. The van der Waals surface area contributed by atoms with Crippen LogP contribution in [0.15, 0.2) is 103 Å². The summed E-state index contributed by atoms with van der Waals surface area (Å²) in [6.45, 7) is 0. The van der Waals surface area contributed by atoms with Gasteiger partial charge in [-0.2, -0.15) is 0 Å². The lowest BCUT2D eigenvalue weighted by molar-refractivity contribution is 0.0973. The fraction of sp³-hybridized carbons (Fsp3) is 0.115. The molecule has 4 aromatic rings. The topological polar surface area (TPSA) is 17.1 Å². The summed E-state index contributed by atoms with van der Waals surface area (Å²) >= 11 is 0. The number of hydrogen-bond acceptors (Lipinski definition) is 1. The summed E-state index contributed by atoms with van der Waals surface area (Å²) in [5.41, 5.74) is 3.27. The molecule has 0 saturated carbocycles. The number of hydrogen-bond donors (Lipinski definition) is 0. The number of rotatable bonds is 6. The van der Waals surface area contributed by atoms with Crippen LogP contribution in [0.3, 0.4) is 0 Å². The molecule has 0 unspecified atom stereocenters. The van der Waals surface area contributed by atoms with E-state index in [1.165, 1.54) is 11.1 Å². The van der Waals surface area contributed by atoms with E-state index in [0.29, 0.717) is 6.42 Å². The van der Waals surface area contributed by atoms with Crippen LogP contribution in [0.2, 0.25) is 0 Å². The first-order valence-corrected chi connectivity index (χ1v) is 9.40. The molecular formula is C26H22O. The third-order valence-corrected chi connectivity index (χ3v) is 5.10. The van der Waals surface area contributed by atoms with Crippen LogP contribution < -0.4 is 0 Å². The van der Waals surface area contributed by atoms with Crippen molar-refractivity contribution in [3.8, 4) is 0 Å². The molecule has 1 nitrogen and oxygen atoms in total. The molecule has 0 heterocycles. The number of ketones is 1. The largest absolute Gasteiger partial charge is 0.294 e. The highest BCUT2D eigenvalue weighted by Gasteiger charge is 2.18. The van der Waals surface area contributed by atoms with E-state index in [9.17, 15) is 4.79 Å². The molecule has 0 bridgehead atoms. The third-order valence-electron chi connectivity index (χ3n) is 5.10. The Kier molecular flexibility index (Phi) is 5.11. The first-order valence-electron chi connectivity index (χ1n) is 9.40. The monoisotopic (exact) mass is 350 g/mol. The SMILES string of the molecule is O=C(C[C@@H](Cc1ccccc1)c1ccccc1)c1ccc2ccccc2c1.